The molecule has 5 nitrogen and oxygen atoms in total. The highest BCUT2D eigenvalue weighted by molar-refractivity contribution is 5.86. The van der Waals surface area contributed by atoms with Gasteiger partial charge in [-0.3, -0.25) is 9.69 Å². The number of hydrogen-bond acceptors (Lipinski definition) is 4. The summed E-state index contributed by atoms with van der Waals surface area (Å²) in [6.45, 7) is 2.72. The summed E-state index contributed by atoms with van der Waals surface area (Å²) < 4.78 is 5.22. The first-order chi connectivity index (χ1) is 12.7. The van der Waals surface area contributed by atoms with Crippen molar-refractivity contribution in [3.05, 3.63) is 47.2 Å². The second-order valence-corrected chi connectivity index (χ2v) is 7.81. The first kappa shape index (κ1) is 16.1. The molecule has 4 aliphatic rings. The molecule has 4 bridgehead atoms. The highest BCUT2D eigenvalue weighted by Crippen LogP contribution is 2.59. The van der Waals surface area contributed by atoms with Gasteiger partial charge in [-0.05, 0) is 31.4 Å². The number of fused-ring (bicyclic) bond motifs is 4. The fourth-order valence-corrected chi connectivity index (χ4v) is 5.88. The van der Waals surface area contributed by atoms with E-state index in [9.17, 15) is 9.90 Å². The Bertz CT molecular complexity index is 930. The number of aliphatic hydroxyl groups excluding tert-OH is 1. The van der Waals surface area contributed by atoms with Crippen LogP contribution < -0.4 is 0 Å². The Labute approximate surface area is 152 Å². The van der Waals surface area contributed by atoms with Crippen LogP contribution in [0.1, 0.15) is 30.6 Å². The molecule has 5 heterocycles. The van der Waals surface area contributed by atoms with Crippen LogP contribution in [-0.2, 0) is 16.0 Å². The number of esters is 1. The van der Waals surface area contributed by atoms with Crippen LogP contribution in [0.3, 0.4) is 0 Å². The maximum atomic E-state index is 12.9. The molecule has 1 aromatic heterocycles. The van der Waals surface area contributed by atoms with Crippen LogP contribution in [0.25, 0.3) is 10.9 Å². The summed E-state index contributed by atoms with van der Waals surface area (Å²) in [5, 5.41) is 11.7. The van der Waals surface area contributed by atoms with E-state index in [1.54, 1.807) is 0 Å². The fourth-order valence-electron chi connectivity index (χ4n) is 5.88. The molecule has 1 aromatic carbocycles. The number of ether oxygens (including phenoxy) is 1. The molecule has 0 spiro atoms. The first-order valence-electron chi connectivity index (χ1n) is 9.35. The minimum absolute atomic E-state index is 0.0286. The summed E-state index contributed by atoms with van der Waals surface area (Å²) >= 11 is 0. The number of H-pyrrole nitrogens is 1. The monoisotopic (exact) mass is 352 g/mol. The number of hydrogen-bond donors (Lipinski definition) is 2. The molecule has 5 heteroatoms. The summed E-state index contributed by atoms with van der Waals surface area (Å²) in [7, 11) is 1.43. The zero-order valence-electron chi connectivity index (χ0n) is 15.2. The Balaban J connectivity index is 1.73. The van der Waals surface area contributed by atoms with E-state index in [1.165, 1.54) is 29.3 Å². The minimum Gasteiger partial charge on any atom is -0.468 e. The lowest BCUT2D eigenvalue weighted by Gasteiger charge is -2.62. The second-order valence-electron chi connectivity index (χ2n) is 7.81. The van der Waals surface area contributed by atoms with Gasteiger partial charge >= 0.3 is 5.97 Å². The third-order valence-electron chi connectivity index (χ3n) is 7.06. The van der Waals surface area contributed by atoms with Crippen LogP contribution in [0.4, 0.5) is 0 Å². The lowest BCUT2D eigenvalue weighted by Crippen LogP contribution is -2.69. The van der Waals surface area contributed by atoms with Crippen molar-refractivity contribution >= 4 is 16.9 Å². The van der Waals surface area contributed by atoms with Crippen LogP contribution in [0.15, 0.2) is 35.9 Å². The molecule has 4 aliphatic heterocycles. The molecule has 0 saturated carbocycles. The number of para-hydroxylation sites is 1. The fraction of sp³-hybridized carbons (Fsp3) is 0.476. The molecule has 5 atom stereocenters. The maximum absolute atomic E-state index is 12.9. The number of carbonyl (C=O) groups is 1. The van der Waals surface area contributed by atoms with Gasteiger partial charge < -0.3 is 14.8 Å². The van der Waals surface area contributed by atoms with Gasteiger partial charge in [0.05, 0.1) is 19.8 Å². The molecular formula is C21H24N2O3. The Morgan fingerprint density at radius 3 is 3.00 bits per heavy atom. The molecule has 2 aromatic rings. The number of aromatic amines is 1. The molecule has 6 rings (SSSR count). The molecule has 1 unspecified atom stereocenters. The van der Waals surface area contributed by atoms with E-state index in [2.05, 4.69) is 34.2 Å². The van der Waals surface area contributed by atoms with Gasteiger partial charge in [0.2, 0.25) is 0 Å². The molecule has 2 N–H and O–H groups in total. The number of benzene rings is 1. The quantitative estimate of drug-likeness (QED) is 0.644. The smallest absolute Gasteiger partial charge is 0.316 e. The summed E-state index contributed by atoms with van der Waals surface area (Å²) in [5.41, 5.74) is 4.12. The molecule has 3 fully saturated rings. The Hall–Kier alpha value is -2.11. The lowest BCUT2D eigenvalue weighted by atomic mass is 9.55. The van der Waals surface area contributed by atoms with Crippen molar-refractivity contribution in [1.29, 1.82) is 0 Å². The third kappa shape index (κ3) is 1.75. The summed E-state index contributed by atoms with van der Waals surface area (Å²) in [6, 6.07) is 8.61. The number of aromatic nitrogens is 1. The second kappa shape index (κ2) is 5.44. The predicted octanol–water partition coefficient (Wildman–Crippen LogP) is 2.57. The number of carbonyl (C=O) groups excluding carboxylic acids is 1. The van der Waals surface area contributed by atoms with Gasteiger partial charge in [-0.25, -0.2) is 0 Å². The number of piperidine rings is 3. The van der Waals surface area contributed by atoms with Gasteiger partial charge in [0, 0.05) is 35.1 Å². The third-order valence-corrected chi connectivity index (χ3v) is 7.06. The van der Waals surface area contributed by atoms with Crippen molar-refractivity contribution in [2.75, 3.05) is 20.3 Å². The van der Waals surface area contributed by atoms with E-state index in [1.807, 2.05) is 13.0 Å². The topological polar surface area (TPSA) is 65.6 Å². The van der Waals surface area contributed by atoms with Crippen LogP contribution >= 0.6 is 0 Å². The van der Waals surface area contributed by atoms with Crippen molar-refractivity contribution in [3.63, 3.8) is 0 Å². The number of rotatable bonds is 2. The number of methoxy groups -OCH3 is 1. The standard InChI is InChI=1S/C21H24N2O3/c1-3-12-10-23-17-9-15(12)21(11-24,20(25)26-2)18(23)8-14-13-6-4-5-7-16(13)22-19(14)17/h3-7,15,17-18,22,24H,8-11H2,1-2H3/b12-3-/t15-,17-,18-,21-/m0/s1. The number of nitrogens with one attached hydrogen (secondary N) is 1. The Morgan fingerprint density at radius 2 is 2.27 bits per heavy atom. The van der Waals surface area contributed by atoms with Gasteiger partial charge in [0.15, 0.2) is 0 Å². The maximum Gasteiger partial charge on any atom is 0.316 e. The predicted molar refractivity (Wildman–Crippen MR) is 98.6 cm³/mol. The Morgan fingerprint density at radius 1 is 1.46 bits per heavy atom. The largest absolute Gasteiger partial charge is 0.468 e. The molecule has 136 valence electrons. The van der Waals surface area contributed by atoms with Gasteiger partial charge in [-0.1, -0.05) is 29.8 Å². The lowest BCUT2D eigenvalue weighted by molar-refractivity contribution is -0.183. The summed E-state index contributed by atoms with van der Waals surface area (Å²) in [5.74, 6) is -0.245. The highest BCUT2D eigenvalue weighted by Gasteiger charge is 2.64. The van der Waals surface area contributed by atoms with Crippen LogP contribution in [-0.4, -0.2) is 47.3 Å². The normalized spacial score (nSPS) is 36.3. The summed E-state index contributed by atoms with van der Waals surface area (Å²) in [6.07, 6.45) is 3.72. The minimum atomic E-state index is -0.874. The highest BCUT2D eigenvalue weighted by atomic mass is 16.5. The molecule has 0 radical (unpaired) electrons. The zero-order valence-corrected chi connectivity index (χ0v) is 15.2. The zero-order chi connectivity index (χ0) is 18.1. The van der Waals surface area contributed by atoms with Crippen LogP contribution in [0, 0.1) is 11.3 Å². The van der Waals surface area contributed by atoms with Gasteiger partial charge in [-0.2, -0.15) is 0 Å². The number of allylic oxidation sites excluding steroid dienone is 1. The van der Waals surface area contributed by atoms with Crippen molar-refractivity contribution in [3.8, 4) is 0 Å². The van der Waals surface area contributed by atoms with Crippen molar-refractivity contribution in [1.82, 2.24) is 9.88 Å². The van der Waals surface area contributed by atoms with Gasteiger partial charge in [-0.15, -0.1) is 0 Å². The van der Waals surface area contributed by atoms with E-state index >= 15 is 0 Å². The van der Waals surface area contributed by atoms with E-state index in [-0.39, 0.29) is 30.6 Å². The summed E-state index contributed by atoms with van der Waals surface area (Å²) in [4.78, 5) is 19.0. The van der Waals surface area contributed by atoms with Crippen molar-refractivity contribution in [2.45, 2.75) is 31.8 Å². The molecule has 0 aliphatic carbocycles. The molecular weight excluding hydrogens is 328 g/mol. The van der Waals surface area contributed by atoms with Crippen molar-refractivity contribution < 1.29 is 14.6 Å². The van der Waals surface area contributed by atoms with E-state index in [4.69, 9.17) is 4.74 Å². The average Bonchev–Trinajstić information content (AvgIpc) is 3.06. The molecule has 26 heavy (non-hydrogen) atoms. The van der Waals surface area contributed by atoms with Gasteiger partial charge in [0.1, 0.15) is 5.41 Å². The first-order valence-corrected chi connectivity index (χ1v) is 9.35. The average molecular weight is 352 g/mol. The molecule has 3 saturated heterocycles. The van der Waals surface area contributed by atoms with E-state index < -0.39 is 5.41 Å². The van der Waals surface area contributed by atoms with Crippen LogP contribution in [0.2, 0.25) is 0 Å². The van der Waals surface area contributed by atoms with Crippen LogP contribution in [0.5, 0.6) is 0 Å². The van der Waals surface area contributed by atoms with Gasteiger partial charge in [0.25, 0.3) is 0 Å². The molecule has 0 amide bonds. The SMILES string of the molecule is C/C=C1/CN2[C@H]3Cc4c([nH]c5ccccc45)[C@@H]2C[C@@H]1[C@]3(CO)C(=O)OC. The number of nitrogens with zero attached hydrogens (tertiary/aromatic N) is 1. The number of aliphatic hydroxyl groups is 1. The van der Waals surface area contributed by atoms with Crippen molar-refractivity contribution in [2.24, 2.45) is 11.3 Å². The Kier molecular flexibility index (Phi) is 3.37. The van der Waals surface area contributed by atoms with E-state index in [0.717, 1.165) is 24.9 Å². The van der Waals surface area contributed by atoms with E-state index in [0.29, 0.717) is 0 Å².